The molecule has 10 heteroatoms. The van der Waals surface area contributed by atoms with E-state index in [-0.39, 0.29) is 35.4 Å². The standard InChI is InChI=1S/C25H21ClN4O5/c1-2-35-24(33)18-6-3-4-7-19(18)28-21(31)15-29-20-8-5-13-27-22(20)23(32)30(25(29)34)14-16-9-11-17(26)12-10-16/h3-13H,2,14-15H2,1H3,(H,28,31). The van der Waals surface area contributed by atoms with Crippen molar-refractivity contribution in [2.24, 2.45) is 0 Å². The van der Waals surface area contributed by atoms with E-state index in [9.17, 15) is 19.2 Å². The molecule has 178 valence electrons. The summed E-state index contributed by atoms with van der Waals surface area (Å²) in [5, 5.41) is 3.18. The van der Waals surface area contributed by atoms with Gasteiger partial charge in [0.25, 0.3) is 5.56 Å². The van der Waals surface area contributed by atoms with Crippen molar-refractivity contribution in [2.45, 2.75) is 20.0 Å². The lowest BCUT2D eigenvalue weighted by Crippen LogP contribution is -2.42. The van der Waals surface area contributed by atoms with Gasteiger partial charge in [0, 0.05) is 11.2 Å². The minimum Gasteiger partial charge on any atom is -0.462 e. The van der Waals surface area contributed by atoms with Crippen LogP contribution in [0.4, 0.5) is 5.69 Å². The van der Waals surface area contributed by atoms with Crippen LogP contribution >= 0.6 is 11.6 Å². The van der Waals surface area contributed by atoms with Crippen molar-refractivity contribution < 1.29 is 14.3 Å². The highest BCUT2D eigenvalue weighted by atomic mass is 35.5. The van der Waals surface area contributed by atoms with E-state index in [2.05, 4.69) is 10.3 Å². The summed E-state index contributed by atoms with van der Waals surface area (Å²) in [5.41, 5.74) is 0.173. The number of fused-ring (bicyclic) bond motifs is 1. The molecule has 2 aromatic carbocycles. The molecule has 4 rings (SSSR count). The van der Waals surface area contributed by atoms with Crippen molar-refractivity contribution >= 4 is 40.2 Å². The second-order valence-electron chi connectivity index (χ2n) is 7.57. The van der Waals surface area contributed by atoms with E-state index in [4.69, 9.17) is 16.3 Å². The molecule has 0 aliphatic rings. The first-order valence-electron chi connectivity index (χ1n) is 10.8. The predicted molar refractivity (Wildman–Crippen MR) is 132 cm³/mol. The molecule has 0 aliphatic carbocycles. The molecular formula is C25H21ClN4O5. The summed E-state index contributed by atoms with van der Waals surface area (Å²) in [7, 11) is 0. The van der Waals surface area contributed by atoms with Crippen molar-refractivity contribution in [3.8, 4) is 0 Å². The number of carbonyl (C=O) groups is 2. The van der Waals surface area contributed by atoms with Crippen LogP contribution in [0.1, 0.15) is 22.8 Å². The Morgan fingerprint density at radius 3 is 2.49 bits per heavy atom. The van der Waals surface area contributed by atoms with Crippen molar-refractivity contribution in [1.82, 2.24) is 14.1 Å². The summed E-state index contributed by atoms with van der Waals surface area (Å²) in [6.45, 7) is 1.45. The van der Waals surface area contributed by atoms with Crippen molar-refractivity contribution in [3.05, 3.63) is 104 Å². The van der Waals surface area contributed by atoms with Gasteiger partial charge in [-0.1, -0.05) is 35.9 Å². The van der Waals surface area contributed by atoms with Gasteiger partial charge < -0.3 is 10.1 Å². The number of benzene rings is 2. The van der Waals surface area contributed by atoms with Crippen LogP contribution in [0.25, 0.3) is 11.0 Å². The Balaban J connectivity index is 1.71. The van der Waals surface area contributed by atoms with Gasteiger partial charge in [-0.05, 0) is 48.9 Å². The molecule has 1 N–H and O–H groups in total. The molecule has 35 heavy (non-hydrogen) atoms. The number of esters is 1. The second kappa shape index (κ2) is 10.4. The summed E-state index contributed by atoms with van der Waals surface area (Å²) in [6, 6.07) is 16.3. The fraction of sp³-hybridized carbons (Fsp3) is 0.160. The third-order valence-corrected chi connectivity index (χ3v) is 5.49. The largest absolute Gasteiger partial charge is 0.462 e. The van der Waals surface area contributed by atoms with Gasteiger partial charge in [0.15, 0.2) is 5.52 Å². The first-order valence-corrected chi connectivity index (χ1v) is 11.2. The van der Waals surface area contributed by atoms with Gasteiger partial charge in [-0.2, -0.15) is 0 Å². The molecule has 2 heterocycles. The Hall–Kier alpha value is -4.24. The van der Waals surface area contributed by atoms with Gasteiger partial charge in [-0.25, -0.2) is 14.6 Å². The van der Waals surface area contributed by atoms with E-state index in [1.807, 2.05) is 0 Å². The van der Waals surface area contributed by atoms with Crippen LogP contribution in [0.5, 0.6) is 0 Å². The van der Waals surface area contributed by atoms with Crippen LogP contribution in [0, 0.1) is 0 Å². The molecule has 4 aromatic rings. The Labute approximate surface area is 204 Å². The van der Waals surface area contributed by atoms with Gasteiger partial charge in [0.2, 0.25) is 5.91 Å². The van der Waals surface area contributed by atoms with Gasteiger partial charge >= 0.3 is 11.7 Å². The lowest BCUT2D eigenvalue weighted by atomic mass is 10.2. The molecule has 0 radical (unpaired) electrons. The van der Waals surface area contributed by atoms with Crippen LogP contribution in [-0.2, 0) is 22.6 Å². The maximum Gasteiger partial charge on any atom is 0.340 e. The number of pyridine rings is 1. The maximum absolute atomic E-state index is 13.3. The summed E-state index contributed by atoms with van der Waals surface area (Å²) < 4.78 is 7.25. The number of halogens is 1. The SMILES string of the molecule is CCOC(=O)c1ccccc1NC(=O)Cn1c(=O)n(Cc2ccc(Cl)cc2)c(=O)c2ncccc21. The number of amides is 1. The summed E-state index contributed by atoms with van der Waals surface area (Å²) in [6.07, 6.45) is 1.45. The smallest absolute Gasteiger partial charge is 0.340 e. The van der Waals surface area contributed by atoms with Crippen molar-refractivity contribution in [2.75, 3.05) is 11.9 Å². The molecule has 2 aromatic heterocycles. The highest BCUT2D eigenvalue weighted by Crippen LogP contribution is 2.17. The van der Waals surface area contributed by atoms with E-state index in [1.165, 1.54) is 16.8 Å². The quantitative estimate of drug-likeness (QED) is 0.397. The van der Waals surface area contributed by atoms with Crippen molar-refractivity contribution in [3.63, 3.8) is 0 Å². The van der Waals surface area contributed by atoms with E-state index >= 15 is 0 Å². The topological polar surface area (TPSA) is 112 Å². The number of hydrogen-bond acceptors (Lipinski definition) is 6. The van der Waals surface area contributed by atoms with Crippen LogP contribution < -0.4 is 16.6 Å². The molecular weight excluding hydrogens is 472 g/mol. The first kappa shape index (κ1) is 23.9. The average Bonchev–Trinajstić information content (AvgIpc) is 2.86. The van der Waals surface area contributed by atoms with E-state index in [0.717, 1.165) is 4.57 Å². The molecule has 1 amide bonds. The third-order valence-electron chi connectivity index (χ3n) is 5.24. The van der Waals surface area contributed by atoms with Gasteiger partial charge in [0.1, 0.15) is 6.54 Å². The number of rotatable bonds is 7. The lowest BCUT2D eigenvalue weighted by Gasteiger charge is -2.15. The predicted octanol–water partition coefficient (Wildman–Crippen LogP) is 3.08. The lowest BCUT2D eigenvalue weighted by molar-refractivity contribution is -0.116. The van der Waals surface area contributed by atoms with E-state index < -0.39 is 29.7 Å². The summed E-state index contributed by atoms with van der Waals surface area (Å²) in [4.78, 5) is 55.7. The number of hydrogen-bond donors (Lipinski definition) is 1. The van der Waals surface area contributed by atoms with Crippen LogP contribution in [-0.4, -0.2) is 32.6 Å². The van der Waals surface area contributed by atoms with E-state index in [1.54, 1.807) is 61.5 Å². The number of para-hydroxylation sites is 1. The number of ether oxygens (including phenoxy) is 1. The molecule has 0 saturated heterocycles. The van der Waals surface area contributed by atoms with Crippen molar-refractivity contribution in [1.29, 1.82) is 0 Å². The Kier molecular flexibility index (Phi) is 7.07. The van der Waals surface area contributed by atoms with Crippen LogP contribution in [0.15, 0.2) is 76.4 Å². The minimum absolute atomic E-state index is 0.0192. The maximum atomic E-state index is 13.3. The second-order valence-corrected chi connectivity index (χ2v) is 8.01. The molecule has 9 nitrogen and oxygen atoms in total. The summed E-state index contributed by atoms with van der Waals surface area (Å²) >= 11 is 5.93. The number of aromatic nitrogens is 3. The van der Waals surface area contributed by atoms with Crippen LogP contribution in [0.2, 0.25) is 5.02 Å². The highest BCUT2D eigenvalue weighted by molar-refractivity contribution is 6.30. The number of nitrogens with one attached hydrogen (secondary N) is 1. The zero-order chi connectivity index (χ0) is 24.9. The third kappa shape index (κ3) is 5.15. The number of nitrogens with zero attached hydrogens (tertiary/aromatic N) is 3. The molecule has 0 atom stereocenters. The molecule has 0 bridgehead atoms. The average molecular weight is 493 g/mol. The Morgan fingerprint density at radius 2 is 1.74 bits per heavy atom. The Morgan fingerprint density at radius 1 is 1.00 bits per heavy atom. The highest BCUT2D eigenvalue weighted by Gasteiger charge is 2.18. The summed E-state index contributed by atoms with van der Waals surface area (Å²) in [5.74, 6) is -1.14. The molecule has 0 saturated carbocycles. The number of anilines is 1. The fourth-order valence-corrected chi connectivity index (χ4v) is 3.75. The zero-order valence-electron chi connectivity index (χ0n) is 18.7. The van der Waals surface area contributed by atoms with Gasteiger partial charge in [-0.3, -0.25) is 18.7 Å². The monoisotopic (exact) mass is 492 g/mol. The minimum atomic E-state index is -0.667. The molecule has 0 spiro atoms. The first-order chi connectivity index (χ1) is 16.9. The van der Waals surface area contributed by atoms with Gasteiger partial charge in [0.05, 0.1) is 29.9 Å². The molecule has 0 aliphatic heterocycles. The normalized spacial score (nSPS) is 10.8. The van der Waals surface area contributed by atoms with Crippen LogP contribution in [0.3, 0.4) is 0 Å². The fourth-order valence-electron chi connectivity index (χ4n) is 3.62. The van der Waals surface area contributed by atoms with Gasteiger partial charge in [-0.15, -0.1) is 0 Å². The van der Waals surface area contributed by atoms with E-state index in [0.29, 0.717) is 10.6 Å². The number of carbonyl (C=O) groups excluding carboxylic acids is 2. The Bertz CT molecular complexity index is 1530. The zero-order valence-corrected chi connectivity index (χ0v) is 19.5. The molecule has 0 fully saturated rings. The molecule has 0 unspecified atom stereocenters.